The number of rotatable bonds is 7. The molecule has 0 radical (unpaired) electrons. The Balaban J connectivity index is 2.54. The summed E-state index contributed by atoms with van der Waals surface area (Å²) in [4.78, 5) is 0. The molecule has 3 N–H and O–H groups in total. The maximum absolute atomic E-state index is 5.82. The monoisotopic (exact) mass is 258 g/mol. The van der Waals surface area contributed by atoms with Gasteiger partial charge < -0.3 is 20.5 Å². The van der Waals surface area contributed by atoms with Gasteiger partial charge in [0.25, 0.3) is 0 Å². The fourth-order valence-corrected chi connectivity index (χ4v) is 1.64. The van der Waals surface area contributed by atoms with Crippen molar-refractivity contribution in [2.45, 2.75) is 18.8 Å². The van der Waals surface area contributed by atoms with Crippen LogP contribution in [0.2, 0.25) is 5.02 Å². The van der Waals surface area contributed by atoms with Crippen LogP contribution in [-0.4, -0.2) is 33.1 Å². The maximum atomic E-state index is 5.82. The van der Waals surface area contributed by atoms with Gasteiger partial charge in [-0.3, -0.25) is 0 Å². The van der Waals surface area contributed by atoms with Crippen LogP contribution >= 0.6 is 11.6 Å². The molecule has 5 heteroatoms. The van der Waals surface area contributed by atoms with Crippen LogP contribution in [0, 0.1) is 0 Å². The summed E-state index contributed by atoms with van der Waals surface area (Å²) in [5.41, 5.74) is 6.69. The minimum absolute atomic E-state index is 0.0982. The molecule has 0 fully saturated rings. The van der Waals surface area contributed by atoms with Gasteiger partial charge in [-0.1, -0.05) is 11.6 Å². The van der Waals surface area contributed by atoms with E-state index in [0.29, 0.717) is 18.0 Å². The van der Waals surface area contributed by atoms with E-state index >= 15 is 0 Å². The number of methoxy groups -OCH3 is 2. The minimum Gasteiger partial charge on any atom is -0.381 e. The molecule has 1 rings (SSSR count). The summed E-state index contributed by atoms with van der Waals surface area (Å²) >= 11 is 5.82. The van der Waals surface area contributed by atoms with E-state index in [1.165, 1.54) is 0 Å². The summed E-state index contributed by atoms with van der Waals surface area (Å²) < 4.78 is 10.3. The van der Waals surface area contributed by atoms with Crippen molar-refractivity contribution in [3.05, 3.63) is 29.3 Å². The highest BCUT2D eigenvalue weighted by Gasteiger charge is 2.14. The van der Waals surface area contributed by atoms with Crippen molar-refractivity contribution >= 4 is 17.3 Å². The molecule has 17 heavy (non-hydrogen) atoms. The predicted octanol–water partition coefficient (Wildman–Crippen LogP) is 2.09. The molecule has 0 saturated carbocycles. The molecule has 1 aromatic rings. The van der Waals surface area contributed by atoms with E-state index in [2.05, 4.69) is 5.32 Å². The zero-order valence-corrected chi connectivity index (χ0v) is 10.9. The van der Waals surface area contributed by atoms with Crippen molar-refractivity contribution in [1.82, 2.24) is 0 Å². The molecule has 96 valence electrons. The Labute approximate surface area is 107 Å². The Hall–Kier alpha value is -0.810. The molecule has 0 heterocycles. The SMILES string of the molecule is COC(CC(CN)Nc1ccc(Cl)cc1)OC. The average molecular weight is 259 g/mol. The highest BCUT2D eigenvalue weighted by Crippen LogP contribution is 2.15. The first-order chi connectivity index (χ1) is 8.19. The Bertz CT molecular complexity index is 315. The second kappa shape index (κ2) is 7.50. The van der Waals surface area contributed by atoms with Crippen molar-refractivity contribution in [3.63, 3.8) is 0 Å². The van der Waals surface area contributed by atoms with Crippen molar-refractivity contribution in [1.29, 1.82) is 0 Å². The fraction of sp³-hybridized carbons (Fsp3) is 0.500. The van der Waals surface area contributed by atoms with E-state index < -0.39 is 0 Å². The molecule has 0 saturated heterocycles. The van der Waals surface area contributed by atoms with Gasteiger partial charge in [0.2, 0.25) is 0 Å². The Morgan fingerprint density at radius 3 is 2.29 bits per heavy atom. The first kappa shape index (κ1) is 14.3. The second-order valence-corrected chi connectivity index (χ2v) is 4.16. The molecule has 0 spiro atoms. The van der Waals surface area contributed by atoms with Crippen molar-refractivity contribution in [3.8, 4) is 0 Å². The van der Waals surface area contributed by atoms with E-state index in [1.54, 1.807) is 14.2 Å². The van der Waals surface area contributed by atoms with E-state index in [0.717, 1.165) is 5.69 Å². The molecule has 0 aliphatic carbocycles. The number of benzene rings is 1. The average Bonchev–Trinajstić information content (AvgIpc) is 2.37. The number of nitrogens with one attached hydrogen (secondary N) is 1. The Morgan fingerprint density at radius 1 is 1.24 bits per heavy atom. The molecule has 0 aliphatic heterocycles. The van der Waals surface area contributed by atoms with Crippen LogP contribution in [-0.2, 0) is 9.47 Å². The highest BCUT2D eigenvalue weighted by molar-refractivity contribution is 6.30. The summed E-state index contributed by atoms with van der Waals surface area (Å²) in [6, 6.07) is 7.60. The van der Waals surface area contributed by atoms with Crippen LogP contribution in [0.15, 0.2) is 24.3 Å². The molecule has 1 unspecified atom stereocenters. The van der Waals surface area contributed by atoms with Crippen LogP contribution in [0.1, 0.15) is 6.42 Å². The number of hydrogen-bond acceptors (Lipinski definition) is 4. The molecule has 1 atom stereocenters. The lowest BCUT2D eigenvalue weighted by Crippen LogP contribution is -2.34. The Morgan fingerprint density at radius 2 is 1.82 bits per heavy atom. The van der Waals surface area contributed by atoms with E-state index in [1.807, 2.05) is 24.3 Å². The van der Waals surface area contributed by atoms with Gasteiger partial charge in [-0.15, -0.1) is 0 Å². The first-order valence-electron chi connectivity index (χ1n) is 5.47. The maximum Gasteiger partial charge on any atom is 0.158 e. The largest absolute Gasteiger partial charge is 0.381 e. The summed E-state index contributed by atoms with van der Waals surface area (Å²) in [6.07, 6.45) is 0.440. The smallest absolute Gasteiger partial charge is 0.158 e. The van der Waals surface area contributed by atoms with Gasteiger partial charge in [0.05, 0.1) is 0 Å². The summed E-state index contributed by atoms with van der Waals surface area (Å²) in [5.74, 6) is 0. The number of hydrogen-bond donors (Lipinski definition) is 2. The van der Waals surface area contributed by atoms with Gasteiger partial charge >= 0.3 is 0 Å². The third-order valence-corrected chi connectivity index (χ3v) is 2.75. The van der Waals surface area contributed by atoms with E-state index in [-0.39, 0.29) is 12.3 Å². The zero-order chi connectivity index (χ0) is 12.7. The molecule has 0 amide bonds. The number of ether oxygens (including phenoxy) is 2. The van der Waals surface area contributed by atoms with Gasteiger partial charge in [-0.05, 0) is 24.3 Å². The molecule has 0 bridgehead atoms. The lowest BCUT2D eigenvalue weighted by Gasteiger charge is -2.22. The lowest BCUT2D eigenvalue weighted by molar-refractivity contribution is -0.107. The van der Waals surface area contributed by atoms with Crippen molar-refractivity contribution in [2.24, 2.45) is 5.73 Å². The predicted molar refractivity (Wildman–Crippen MR) is 70.3 cm³/mol. The third-order valence-electron chi connectivity index (χ3n) is 2.50. The van der Waals surface area contributed by atoms with Crippen LogP contribution in [0.4, 0.5) is 5.69 Å². The first-order valence-corrected chi connectivity index (χ1v) is 5.85. The second-order valence-electron chi connectivity index (χ2n) is 3.72. The minimum atomic E-state index is -0.247. The number of halogens is 1. The Kier molecular flexibility index (Phi) is 6.29. The molecule has 4 nitrogen and oxygen atoms in total. The van der Waals surface area contributed by atoms with E-state index in [9.17, 15) is 0 Å². The summed E-state index contributed by atoms with van der Waals surface area (Å²) in [6.45, 7) is 0.506. The number of nitrogens with two attached hydrogens (primary N) is 1. The molecule has 0 aromatic heterocycles. The molecular formula is C12H19ClN2O2. The van der Waals surface area contributed by atoms with Gasteiger partial charge in [-0.25, -0.2) is 0 Å². The normalized spacial score (nSPS) is 12.8. The van der Waals surface area contributed by atoms with Crippen LogP contribution in [0.25, 0.3) is 0 Å². The third kappa shape index (κ3) is 4.91. The highest BCUT2D eigenvalue weighted by atomic mass is 35.5. The van der Waals surface area contributed by atoms with E-state index in [4.69, 9.17) is 26.8 Å². The van der Waals surface area contributed by atoms with Gasteiger partial charge in [0.15, 0.2) is 6.29 Å². The van der Waals surface area contributed by atoms with Crippen molar-refractivity contribution in [2.75, 3.05) is 26.1 Å². The van der Waals surface area contributed by atoms with Gasteiger partial charge in [0, 0.05) is 43.9 Å². The molecule has 1 aromatic carbocycles. The van der Waals surface area contributed by atoms with Crippen LogP contribution in [0.5, 0.6) is 0 Å². The summed E-state index contributed by atoms with van der Waals surface area (Å²) in [7, 11) is 3.23. The summed E-state index contributed by atoms with van der Waals surface area (Å²) in [5, 5.41) is 4.03. The topological polar surface area (TPSA) is 56.5 Å². The van der Waals surface area contributed by atoms with Crippen LogP contribution in [0.3, 0.4) is 0 Å². The fourth-order valence-electron chi connectivity index (χ4n) is 1.52. The lowest BCUT2D eigenvalue weighted by atomic mass is 10.2. The molecular weight excluding hydrogens is 240 g/mol. The zero-order valence-electron chi connectivity index (χ0n) is 10.2. The van der Waals surface area contributed by atoms with Gasteiger partial charge in [-0.2, -0.15) is 0 Å². The van der Waals surface area contributed by atoms with Gasteiger partial charge in [0.1, 0.15) is 0 Å². The molecule has 0 aliphatic rings. The van der Waals surface area contributed by atoms with Crippen molar-refractivity contribution < 1.29 is 9.47 Å². The quantitative estimate of drug-likeness (QED) is 0.736. The standard InChI is InChI=1S/C12H19ClN2O2/c1-16-12(17-2)7-11(8-14)15-10-5-3-9(13)4-6-10/h3-6,11-12,15H,7-8,14H2,1-2H3. The van der Waals surface area contributed by atoms with Crippen LogP contribution < -0.4 is 11.1 Å². The number of anilines is 1.